The second-order valence-electron chi connectivity index (χ2n) is 3.67. The second kappa shape index (κ2) is 9.94. The molecule has 0 amide bonds. The lowest BCUT2D eigenvalue weighted by Gasteiger charge is -2.21. The van der Waals surface area contributed by atoms with Crippen LogP contribution < -0.4 is 0 Å². The third kappa shape index (κ3) is 5.14. The van der Waals surface area contributed by atoms with Crippen LogP contribution >= 0.6 is 34.9 Å². The second-order valence-corrected chi connectivity index (χ2v) is 6.96. The molecule has 116 valence electrons. The van der Waals surface area contributed by atoms with Crippen molar-refractivity contribution in [1.82, 2.24) is 0 Å². The summed E-state index contributed by atoms with van der Waals surface area (Å²) in [6.45, 7) is 10.1. The van der Waals surface area contributed by atoms with Crippen LogP contribution in [0.3, 0.4) is 0 Å². The van der Waals surface area contributed by atoms with Crippen LogP contribution in [-0.2, 0) is 18.9 Å². The van der Waals surface area contributed by atoms with E-state index >= 15 is 0 Å². The van der Waals surface area contributed by atoms with Gasteiger partial charge >= 0.3 is 0 Å². The molecule has 0 saturated carbocycles. The van der Waals surface area contributed by atoms with E-state index in [2.05, 4.69) is 0 Å². The lowest BCUT2D eigenvalue weighted by atomic mass is 10.4. The number of hydrogen-bond acceptors (Lipinski definition) is 7. The zero-order chi connectivity index (χ0) is 15.0. The first-order valence-electron chi connectivity index (χ1n) is 6.77. The molecule has 0 spiro atoms. The topological polar surface area (TPSA) is 36.9 Å². The van der Waals surface area contributed by atoms with Crippen molar-refractivity contribution < 1.29 is 18.9 Å². The van der Waals surface area contributed by atoms with Gasteiger partial charge < -0.3 is 18.9 Å². The Morgan fingerprint density at radius 2 is 1.05 bits per heavy atom. The summed E-state index contributed by atoms with van der Waals surface area (Å²) < 4.78 is 23.5. The van der Waals surface area contributed by atoms with Crippen molar-refractivity contribution in [3.63, 3.8) is 0 Å². The standard InChI is InChI=1S/C13H22O4S3/c1-5-14-11(15-6-2)9-10(20-13(18)19-9)12(16-7-3)17-8-4/h11-12H,5-8H2,1-4H3. The van der Waals surface area contributed by atoms with E-state index in [0.29, 0.717) is 26.4 Å². The highest BCUT2D eigenvalue weighted by molar-refractivity contribution is 7.76. The summed E-state index contributed by atoms with van der Waals surface area (Å²) in [5, 5.41) is 0. The van der Waals surface area contributed by atoms with Crippen molar-refractivity contribution in [2.24, 2.45) is 0 Å². The summed E-state index contributed by atoms with van der Waals surface area (Å²) in [7, 11) is 0. The SMILES string of the molecule is CCOC(OCC)c1sc(=S)sc1C(OCC)OCC. The lowest BCUT2D eigenvalue weighted by Crippen LogP contribution is -2.13. The maximum atomic E-state index is 5.67. The van der Waals surface area contributed by atoms with Crippen LogP contribution in [0.5, 0.6) is 0 Å². The molecular formula is C13H22O4S3. The van der Waals surface area contributed by atoms with Gasteiger partial charge in [-0.25, -0.2) is 0 Å². The monoisotopic (exact) mass is 338 g/mol. The van der Waals surface area contributed by atoms with Crippen molar-refractivity contribution in [2.75, 3.05) is 26.4 Å². The molecule has 1 heterocycles. The molecule has 1 aromatic heterocycles. The molecule has 0 radical (unpaired) electrons. The largest absolute Gasteiger partial charge is 0.348 e. The molecule has 1 aromatic rings. The van der Waals surface area contributed by atoms with Gasteiger partial charge in [-0.15, -0.1) is 22.7 Å². The van der Waals surface area contributed by atoms with Crippen molar-refractivity contribution in [2.45, 2.75) is 40.3 Å². The Labute approximate surface area is 133 Å². The first kappa shape index (κ1) is 18.2. The van der Waals surface area contributed by atoms with E-state index in [0.717, 1.165) is 12.9 Å². The van der Waals surface area contributed by atoms with E-state index in [9.17, 15) is 0 Å². The average Bonchev–Trinajstić information content (AvgIpc) is 2.80. The molecule has 0 fully saturated rings. The van der Waals surface area contributed by atoms with Gasteiger partial charge in [0.25, 0.3) is 0 Å². The van der Waals surface area contributed by atoms with Crippen LogP contribution in [0.1, 0.15) is 50.0 Å². The summed E-state index contributed by atoms with van der Waals surface area (Å²) in [5.74, 6) is 0. The highest BCUT2D eigenvalue weighted by atomic mass is 32.2. The molecule has 0 atom stereocenters. The zero-order valence-electron chi connectivity index (χ0n) is 12.3. The van der Waals surface area contributed by atoms with Crippen LogP contribution in [0.15, 0.2) is 0 Å². The summed E-state index contributed by atoms with van der Waals surface area (Å²) >= 11 is 8.32. The summed E-state index contributed by atoms with van der Waals surface area (Å²) in [6.07, 6.45) is -0.803. The van der Waals surface area contributed by atoms with E-state index in [4.69, 9.17) is 31.2 Å². The number of rotatable bonds is 10. The van der Waals surface area contributed by atoms with E-state index in [1.807, 2.05) is 27.7 Å². The van der Waals surface area contributed by atoms with Gasteiger partial charge in [-0.2, -0.15) is 0 Å². The molecule has 0 aliphatic carbocycles. The molecule has 20 heavy (non-hydrogen) atoms. The normalized spacial score (nSPS) is 11.7. The minimum Gasteiger partial charge on any atom is -0.348 e. The number of hydrogen-bond donors (Lipinski definition) is 0. The molecule has 0 aliphatic heterocycles. The van der Waals surface area contributed by atoms with Gasteiger partial charge in [-0.05, 0) is 27.7 Å². The predicted octanol–water partition coefficient (Wildman–Crippen LogP) is 4.68. The zero-order valence-corrected chi connectivity index (χ0v) is 14.8. The van der Waals surface area contributed by atoms with E-state index in [1.54, 1.807) is 0 Å². The Bertz CT molecular complexity index is 381. The van der Waals surface area contributed by atoms with E-state index in [1.165, 1.54) is 22.7 Å². The van der Waals surface area contributed by atoms with Crippen molar-refractivity contribution in [3.8, 4) is 0 Å². The van der Waals surface area contributed by atoms with Crippen LogP contribution in [-0.4, -0.2) is 26.4 Å². The summed E-state index contributed by atoms with van der Waals surface area (Å²) in [5.41, 5.74) is 0. The van der Waals surface area contributed by atoms with Gasteiger partial charge in [0.15, 0.2) is 12.6 Å². The Balaban J connectivity index is 3.08. The highest BCUT2D eigenvalue weighted by Gasteiger charge is 2.25. The molecule has 4 nitrogen and oxygen atoms in total. The summed E-state index contributed by atoms with van der Waals surface area (Å²) in [4.78, 5) is 1.91. The van der Waals surface area contributed by atoms with Crippen LogP contribution in [0.25, 0.3) is 0 Å². The summed E-state index contributed by atoms with van der Waals surface area (Å²) in [6, 6.07) is 0. The van der Waals surface area contributed by atoms with Crippen LogP contribution in [0.2, 0.25) is 0 Å². The maximum Gasteiger partial charge on any atom is 0.194 e. The van der Waals surface area contributed by atoms with Crippen molar-refractivity contribution >= 4 is 34.9 Å². The van der Waals surface area contributed by atoms with Crippen molar-refractivity contribution in [3.05, 3.63) is 12.9 Å². The first-order valence-corrected chi connectivity index (χ1v) is 8.82. The molecule has 7 heteroatoms. The first-order chi connectivity index (χ1) is 9.67. The smallest absolute Gasteiger partial charge is 0.194 e. The molecule has 0 aromatic carbocycles. The van der Waals surface area contributed by atoms with Gasteiger partial charge in [-0.3, -0.25) is 0 Å². The van der Waals surface area contributed by atoms with Crippen LogP contribution in [0.4, 0.5) is 0 Å². The molecule has 0 unspecified atom stereocenters. The minimum atomic E-state index is -0.402. The molecule has 0 aliphatic rings. The fourth-order valence-corrected chi connectivity index (χ4v) is 4.35. The Hall–Kier alpha value is 0.110. The van der Waals surface area contributed by atoms with Gasteiger partial charge in [-0.1, -0.05) is 12.2 Å². The van der Waals surface area contributed by atoms with Crippen molar-refractivity contribution in [1.29, 1.82) is 0 Å². The lowest BCUT2D eigenvalue weighted by molar-refractivity contribution is -0.153. The van der Waals surface area contributed by atoms with E-state index < -0.39 is 12.6 Å². The highest BCUT2D eigenvalue weighted by Crippen LogP contribution is 2.38. The molecular weight excluding hydrogens is 316 g/mol. The Kier molecular flexibility index (Phi) is 9.03. The van der Waals surface area contributed by atoms with E-state index in [-0.39, 0.29) is 0 Å². The maximum absolute atomic E-state index is 5.67. The average molecular weight is 339 g/mol. The quantitative estimate of drug-likeness (QED) is 0.457. The molecule has 0 bridgehead atoms. The third-order valence-electron chi connectivity index (χ3n) is 2.33. The third-order valence-corrected chi connectivity index (χ3v) is 5.06. The predicted molar refractivity (Wildman–Crippen MR) is 85.0 cm³/mol. The van der Waals surface area contributed by atoms with Gasteiger partial charge in [0.2, 0.25) is 0 Å². The van der Waals surface area contributed by atoms with Gasteiger partial charge in [0.1, 0.15) is 3.14 Å². The Morgan fingerprint density at radius 1 is 0.750 bits per heavy atom. The van der Waals surface area contributed by atoms with Crippen LogP contribution in [0, 0.1) is 3.14 Å². The Morgan fingerprint density at radius 3 is 1.30 bits per heavy atom. The molecule has 0 N–H and O–H groups in total. The fourth-order valence-electron chi connectivity index (χ4n) is 1.63. The number of ether oxygens (including phenoxy) is 4. The minimum absolute atomic E-state index is 0.402. The van der Waals surface area contributed by atoms with Gasteiger partial charge in [0.05, 0.1) is 9.75 Å². The van der Waals surface area contributed by atoms with Gasteiger partial charge in [0, 0.05) is 26.4 Å². The molecule has 0 saturated heterocycles. The molecule has 1 rings (SSSR count). The fraction of sp³-hybridized carbons (Fsp3) is 0.769.